The van der Waals surface area contributed by atoms with Crippen molar-refractivity contribution in [2.45, 2.75) is 113 Å². The lowest BCUT2D eigenvalue weighted by Gasteiger charge is -2.70. The molecule has 2 N–H and O–H groups in total. The third kappa shape index (κ3) is 4.62. The molecule has 4 unspecified atom stereocenters. The number of hydrogen-bond acceptors (Lipinski definition) is 11. The van der Waals surface area contributed by atoms with Crippen LogP contribution < -0.4 is 4.90 Å². The molecule has 2 amide bonds. The number of ether oxygens (including phenoxy) is 5. The fraction of sp³-hybridized carbons (Fsp3) is 0.791. The molecular formula is C43H60N2O10. The quantitative estimate of drug-likeness (QED) is 0.265. The van der Waals surface area contributed by atoms with E-state index in [-0.39, 0.29) is 84.0 Å². The molecule has 0 aromatic heterocycles. The van der Waals surface area contributed by atoms with Crippen LogP contribution in [0.5, 0.6) is 0 Å². The van der Waals surface area contributed by atoms with Crippen LogP contribution in [-0.4, -0.2) is 123 Å². The summed E-state index contributed by atoms with van der Waals surface area (Å²) in [6, 6.07) is 6.33. The number of likely N-dealkylation sites (N-methyl/N-ethyl adjacent to an activating group) is 1. The number of para-hydroxylation sites is 1. The van der Waals surface area contributed by atoms with Gasteiger partial charge < -0.3 is 33.9 Å². The predicted molar refractivity (Wildman–Crippen MR) is 200 cm³/mol. The molecule has 8 aliphatic rings. The van der Waals surface area contributed by atoms with E-state index in [4.69, 9.17) is 23.7 Å². The Morgan fingerprint density at radius 3 is 2.36 bits per heavy atom. The summed E-state index contributed by atoms with van der Waals surface area (Å²) in [4.78, 5) is 45.9. The number of amides is 2. The normalized spacial score (nSPS) is 47.4. The van der Waals surface area contributed by atoms with Crippen LogP contribution in [0.1, 0.15) is 82.0 Å². The molecule has 1 aromatic rings. The number of rotatable bonds is 10. The summed E-state index contributed by atoms with van der Waals surface area (Å²) in [5, 5.41) is 26.8. The molecule has 2 heterocycles. The molecule has 1 spiro atoms. The van der Waals surface area contributed by atoms with E-state index >= 15 is 0 Å². The highest BCUT2D eigenvalue weighted by Gasteiger charge is 2.91. The summed E-state index contributed by atoms with van der Waals surface area (Å²) >= 11 is 0. The number of esters is 1. The molecule has 2 aliphatic heterocycles. The monoisotopic (exact) mass is 764 g/mol. The highest BCUT2D eigenvalue weighted by Crippen LogP contribution is 2.80. The minimum Gasteiger partial charge on any atom is -0.461 e. The van der Waals surface area contributed by atoms with Crippen molar-refractivity contribution in [1.82, 2.24) is 4.90 Å². The first kappa shape index (κ1) is 38.1. The van der Waals surface area contributed by atoms with Gasteiger partial charge in [0.05, 0.1) is 54.2 Å². The second kappa shape index (κ2) is 13.3. The topological polar surface area (TPSA) is 144 Å². The largest absolute Gasteiger partial charge is 0.461 e. The van der Waals surface area contributed by atoms with E-state index in [1.807, 2.05) is 6.92 Å². The highest BCUT2D eigenvalue weighted by molar-refractivity contribution is 6.23. The number of nitrogens with zero attached hydrogens (tertiary/aromatic N) is 2. The first-order valence-electron chi connectivity index (χ1n) is 20.9. The van der Waals surface area contributed by atoms with E-state index < -0.39 is 52.0 Å². The van der Waals surface area contributed by atoms with Gasteiger partial charge in [-0.2, -0.15) is 0 Å². The van der Waals surface area contributed by atoms with Crippen LogP contribution in [0, 0.1) is 52.3 Å². The fourth-order valence-electron chi connectivity index (χ4n) is 15.3. The van der Waals surface area contributed by atoms with Crippen LogP contribution in [0.3, 0.4) is 0 Å². The first-order chi connectivity index (χ1) is 26.4. The van der Waals surface area contributed by atoms with Crippen LogP contribution in [0.25, 0.3) is 0 Å². The summed E-state index contributed by atoms with van der Waals surface area (Å²) in [5.41, 5.74) is -4.12. The molecular weight excluding hydrogens is 704 g/mol. The Morgan fingerprint density at radius 2 is 1.69 bits per heavy atom. The molecule has 55 heavy (non-hydrogen) atoms. The van der Waals surface area contributed by atoms with Crippen molar-refractivity contribution in [3.63, 3.8) is 0 Å². The lowest BCUT2D eigenvalue weighted by molar-refractivity contribution is -0.320. The number of methoxy groups -OCH3 is 4. The van der Waals surface area contributed by atoms with Crippen LogP contribution in [0.4, 0.5) is 5.69 Å². The maximum Gasteiger partial charge on any atom is 0.340 e. The van der Waals surface area contributed by atoms with Gasteiger partial charge in [0.25, 0.3) is 0 Å². The summed E-state index contributed by atoms with van der Waals surface area (Å²) in [5.74, 6) is -2.50. The van der Waals surface area contributed by atoms with Crippen molar-refractivity contribution in [2.24, 2.45) is 52.3 Å². The van der Waals surface area contributed by atoms with E-state index in [2.05, 4.69) is 11.8 Å². The van der Waals surface area contributed by atoms with Crippen molar-refractivity contribution in [3.05, 3.63) is 29.8 Å². The van der Waals surface area contributed by atoms with Crippen molar-refractivity contribution in [2.75, 3.05) is 53.0 Å². The van der Waals surface area contributed by atoms with Gasteiger partial charge in [0.15, 0.2) is 0 Å². The summed E-state index contributed by atoms with van der Waals surface area (Å²) in [6.45, 7) is 5.11. The average molecular weight is 765 g/mol. The van der Waals surface area contributed by atoms with Crippen LogP contribution in [-0.2, 0) is 33.3 Å². The summed E-state index contributed by atoms with van der Waals surface area (Å²) < 4.78 is 31.7. The van der Waals surface area contributed by atoms with Gasteiger partial charge in [0.1, 0.15) is 11.2 Å². The number of benzene rings is 1. The second-order valence-electron chi connectivity index (χ2n) is 18.5. The fourth-order valence-corrected chi connectivity index (χ4v) is 15.3. The summed E-state index contributed by atoms with van der Waals surface area (Å²) in [6.07, 6.45) is 5.87. The van der Waals surface area contributed by atoms with Crippen LogP contribution in [0.15, 0.2) is 24.3 Å². The van der Waals surface area contributed by atoms with Gasteiger partial charge in [-0.05, 0) is 62.6 Å². The smallest absolute Gasteiger partial charge is 0.340 e. The Kier molecular flexibility index (Phi) is 9.21. The van der Waals surface area contributed by atoms with Gasteiger partial charge in [-0.15, -0.1) is 0 Å². The van der Waals surface area contributed by atoms with E-state index in [9.17, 15) is 24.6 Å². The standard InChI is InChI=1S/C43H60N2O10/c1-7-44-21-40(22-55-38(48)25-15-11-12-16-28(25)45-36(46)23(2)31(37(45)47)24-13-9-8-10-14-24)18-17-30(52-4)42-27-19-26-29(51-3)20-41(49,32(27)33(26)53-5)43(50,39(42)44)35(54-6)34(40)42/h11-12,15-16,23-24,26-27,29-35,39,49-50H,7-10,13-14,17-22H2,1-6H3/t23?,26-,27-,29+,30+,31-,32-,33+,34?,35+,39?,40+,41-,42?,43+/m1/s1. The SMILES string of the molecule is CCN1C[C@]2(COC(=O)c3ccccc3N3C(=O)C(C)[C@H](C4CCCCC4)C3=O)CC[C@H](OC)C34C2[C@H](OC)[C@](O)(C13)[C@@]1(O)C[C@H](OC)[C@H]2C[C@@H]4[C@@H]1[C@H]2OC. The van der Waals surface area contributed by atoms with Crippen LogP contribution >= 0.6 is 0 Å². The maximum atomic E-state index is 14.4. The van der Waals surface area contributed by atoms with Crippen LogP contribution in [0.2, 0.25) is 0 Å². The Morgan fingerprint density at radius 1 is 0.945 bits per heavy atom. The minimum atomic E-state index is -1.70. The van der Waals surface area contributed by atoms with E-state index in [0.717, 1.165) is 38.5 Å². The third-order valence-electron chi connectivity index (χ3n) is 17.0. The van der Waals surface area contributed by atoms with Crippen molar-refractivity contribution in [3.8, 4) is 0 Å². The number of fused-ring (bicyclic) bond motifs is 2. The van der Waals surface area contributed by atoms with E-state index in [1.54, 1.807) is 52.7 Å². The predicted octanol–water partition coefficient (Wildman–Crippen LogP) is 3.84. The second-order valence-corrected chi connectivity index (χ2v) is 18.5. The third-order valence-corrected chi connectivity index (χ3v) is 17.0. The van der Waals surface area contributed by atoms with Gasteiger partial charge in [0.2, 0.25) is 11.8 Å². The molecule has 8 fully saturated rings. The zero-order valence-corrected chi connectivity index (χ0v) is 33.3. The number of aliphatic hydroxyl groups is 2. The lowest BCUT2D eigenvalue weighted by Crippen LogP contribution is -2.82. The van der Waals surface area contributed by atoms with Crippen molar-refractivity contribution >= 4 is 23.5 Å². The maximum absolute atomic E-state index is 14.4. The number of anilines is 1. The number of carbonyl (C=O) groups is 3. The number of piperidine rings is 1. The molecule has 12 heteroatoms. The Labute approximate surface area is 324 Å². The molecule has 2 saturated heterocycles. The molecule has 0 radical (unpaired) electrons. The minimum absolute atomic E-state index is 0.0405. The zero-order valence-electron chi connectivity index (χ0n) is 33.3. The Bertz CT molecular complexity index is 1720. The van der Waals surface area contributed by atoms with Crippen molar-refractivity contribution in [1.29, 1.82) is 0 Å². The van der Waals surface area contributed by atoms with Gasteiger partial charge in [-0.3, -0.25) is 14.5 Å². The summed E-state index contributed by atoms with van der Waals surface area (Å²) in [7, 11) is 6.75. The van der Waals surface area contributed by atoms with Crippen molar-refractivity contribution < 1.29 is 48.3 Å². The molecule has 6 saturated carbocycles. The molecule has 15 atom stereocenters. The zero-order chi connectivity index (χ0) is 38.8. The van der Waals surface area contributed by atoms with Gasteiger partial charge in [-0.1, -0.05) is 45.2 Å². The number of hydrogen-bond donors (Lipinski definition) is 2. The number of carbonyl (C=O) groups excluding carboxylic acids is 3. The molecule has 12 nitrogen and oxygen atoms in total. The Hall–Kier alpha value is -2.45. The molecule has 7 bridgehead atoms. The molecule has 1 aromatic carbocycles. The number of imide groups is 1. The molecule has 302 valence electrons. The van der Waals surface area contributed by atoms with Gasteiger partial charge >= 0.3 is 5.97 Å². The van der Waals surface area contributed by atoms with E-state index in [0.29, 0.717) is 25.9 Å². The van der Waals surface area contributed by atoms with Gasteiger partial charge in [0, 0.05) is 75.9 Å². The number of likely N-dealkylation sites (tertiary alicyclic amines) is 1. The molecule has 9 rings (SSSR count). The highest BCUT2D eigenvalue weighted by atomic mass is 16.5. The van der Waals surface area contributed by atoms with E-state index in [1.165, 1.54) is 4.90 Å². The first-order valence-corrected chi connectivity index (χ1v) is 20.9. The van der Waals surface area contributed by atoms with Gasteiger partial charge in [-0.25, -0.2) is 9.69 Å². The average Bonchev–Trinajstić information content (AvgIpc) is 3.71. The lowest BCUT2D eigenvalue weighted by atomic mass is 9.42. The Balaban J connectivity index is 1.09. The molecule has 6 aliphatic carbocycles.